The van der Waals surface area contributed by atoms with E-state index in [1.165, 1.54) is 0 Å². The van der Waals surface area contributed by atoms with Crippen molar-refractivity contribution in [1.82, 2.24) is 5.32 Å². The van der Waals surface area contributed by atoms with Crippen LogP contribution in [0.1, 0.15) is 52.9 Å². The van der Waals surface area contributed by atoms with E-state index in [1.54, 1.807) is 0 Å². The summed E-state index contributed by atoms with van der Waals surface area (Å²) in [6.07, 6.45) is 6.63. The standard InChI is InChI=1S/C17H27NO4/c1-4-6-7-12-8-14(19)9-13(12)10-15(20)18-16(17(21)22)11(3)5-2/h4,6,11-13,16H,5,7-10H2,1-3H3,(H,18,20)(H,21,22)/t11-,12?,13?,16+/m1/s1. The van der Waals surface area contributed by atoms with Gasteiger partial charge in [-0.1, -0.05) is 32.4 Å². The minimum Gasteiger partial charge on any atom is -0.480 e. The summed E-state index contributed by atoms with van der Waals surface area (Å²) < 4.78 is 0. The molecule has 0 aromatic rings. The Morgan fingerprint density at radius 2 is 2.00 bits per heavy atom. The highest BCUT2D eigenvalue weighted by atomic mass is 16.4. The Kier molecular flexibility index (Phi) is 7.28. The molecule has 0 radical (unpaired) electrons. The third-order valence-corrected chi connectivity index (χ3v) is 4.56. The highest BCUT2D eigenvalue weighted by Gasteiger charge is 2.34. The predicted molar refractivity (Wildman–Crippen MR) is 84.3 cm³/mol. The molecule has 124 valence electrons. The molecule has 1 aliphatic rings. The van der Waals surface area contributed by atoms with Crippen LogP contribution in [0.15, 0.2) is 12.2 Å². The first kappa shape index (κ1) is 18.4. The fourth-order valence-corrected chi connectivity index (χ4v) is 2.98. The number of Topliss-reactive ketones (excluding diaryl/α,β-unsaturated/α-hetero) is 1. The van der Waals surface area contributed by atoms with Crippen molar-refractivity contribution in [2.45, 2.75) is 58.9 Å². The summed E-state index contributed by atoms with van der Waals surface area (Å²) in [5.41, 5.74) is 0. The summed E-state index contributed by atoms with van der Waals surface area (Å²) in [6.45, 7) is 5.64. The number of rotatable bonds is 8. The van der Waals surface area contributed by atoms with Crippen molar-refractivity contribution in [2.75, 3.05) is 0 Å². The van der Waals surface area contributed by atoms with Gasteiger partial charge in [-0.15, -0.1) is 0 Å². The van der Waals surface area contributed by atoms with Gasteiger partial charge in [-0.05, 0) is 31.1 Å². The lowest BCUT2D eigenvalue weighted by atomic mass is 9.89. The van der Waals surface area contributed by atoms with E-state index in [4.69, 9.17) is 0 Å². The summed E-state index contributed by atoms with van der Waals surface area (Å²) >= 11 is 0. The lowest BCUT2D eigenvalue weighted by molar-refractivity contribution is -0.143. The van der Waals surface area contributed by atoms with Gasteiger partial charge in [-0.25, -0.2) is 4.79 Å². The normalized spacial score (nSPS) is 24.4. The minimum absolute atomic E-state index is 0.0232. The number of carbonyl (C=O) groups is 3. The lowest BCUT2D eigenvalue weighted by Crippen LogP contribution is -2.45. The van der Waals surface area contributed by atoms with Crippen LogP contribution < -0.4 is 5.32 Å². The number of ketones is 1. The highest BCUT2D eigenvalue weighted by molar-refractivity contribution is 5.86. The maximum Gasteiger partial charge on any atom is 0.326 e. The van der Waals surface area contributed by atoms with Crippen LogP contribution in [0.5, 0.6) is 0 Å². The molecule has 5 heteroatoms. The molecule has 1 fully saturated rings. The zero-order valence-corrected chi connectivity index (χ0v) is 13.7. The van der Waals surface area contributed by atoms with E-state index in [9.17, 15) is 19.5 Å². The summed E-state index contributed by atoms with van der Waals surface area (Å²) in [4.78, 5) is 35.1. The van der Waals surface area contributed by atoms with E-state index in [1.807, 2.05) is 32.9 Å². The fraction of sp³-hybridized carbons (Fsp3) is 0.706. The summed E-state index contributed by atoms with van der Waals surface area (Å²) in [5, 5.41) is 11.8. The second-order valence-corrected chi connectivity index (χ2v) is 6.24. The van der Waals surface area contributed by atoms with Gasteiger partial charge >= 0.3 is 5.97 Å². The molecule has 4 atom stereocenters. The van der Waals surface area contributed by atoms with Gasteiger partial charge in [0.05, 0.1) is 0 Å². The average molecular weight is 309 g/mol. The van der Waals surface area contributed by atoms with Crippen LogP contribution in [-0.2, 0) is 14.4 Å². The van der Waals surface area contributed by atoms with Crippen molar-refractivity contribution in [3.63, 3.8) is 0 Å². The molecule has 22 heavy (non-hydrogen) atoms. The third kappa shape index (κ3) is 5.28. The molecule has 5 nitrogen and oxygen atoms in total. The van der Waals surface area contributed by atoms with Crippen molar-refractivity contribution < 1.29 is 19.5 Å². The number of carboxylic acids is 1. The second-order valence-electron chi connectivity index (χ2n) is 6.24. The Balaban J connectivity index is 2.62. The summed E-state index contributed by atoms with van der Waals surface area (Å²) in [6, 6.07) is -0.858. The first-order chi connectivity index (χ1) is 10.4. The Morgan fingerprint density at radius 1 is 1.36 bits per heavy atom. The Hall–Kier alpha value is -1.65. The number of carbonyl (C=O) groups excluding carboxylic acids is 2. The number of amides is 1. The summed E-state index contributed by atoms with van der Waals surface area (Å²) in [5.74, 6) is -0.973. The molecule has 1 rings (SSSR count). The van der Waals surface area contributed by atoms with Gasteiger partial charge < -0.3 is 10.4 Å². The van der Waals surface area contributed by atoms with Gasteiger partial charge in [0.25, 0.3) is 0 Å². The van der Waals surface area contributed by atoms with Crippen molar-refractivity contribution in [2.24, 2.45) is 17.8 Å². The second kappa shape index (κ2) is 8.71. The number of carboxylic acid groups (broad SMARTS) is 1. The van der Waals surface area contributed by atoms with Crippen LogP contribution in [0.2, 0.25) is 0 Å². The zero-order chi connectivity index (χ0) is 16.7. The van der Waals surface area contributed by atoms with Crippen LogP contribution in [0.4, 0.5) is 0 Å². The van der Waals surface area contributed by atoms with Gasteiger partial charge in [0.1, 0.15) is 11.8 Å². The van der Waals surface area contributed by atoms with Crippen LogP contribution in [0.25, 0.3) is 0 Å². The largest absolute Gasteiger partial charge is 0.480 e. The minimum atomic E-state index is -1.00. The fourth-order valence-electron chi connectivity index (χ4n) is 2.98. The van der Waals surface area contributed by atoms with E-state index in [2.05, 4.69) is 5.32 Å². The Labute approximate surface area is 132 Å². The van der Waals surface area contributed by atoms with Gasteiger partial charge in [0.15, 0.2) is 0 Å². The number of hydrogen-bond acceptors (Lipinski definition) is 3. The Morgan fingerprint density at radius 3 is 2.55 bits per heavy atom. The molecular formula is C17H27NO4. The van der Waals surface area contributed by atoms with E-state index in [0.717, 1.165) is 6.42 Å². The van der Waals surface area contributed by atoms with E-state index >= 15 is 0 Å². The van der Waals surface area contributed by atoms with Crippen molar-refractivity contribution in [1.29, 1.82) is 0 Å². The predicted octanol–water partition coefficient (Wildman–Crippen LogP) is 2.55. The topological polar surface area (TPSA) is 83.5 Å². The smallest absolute Gasteiger partial charge is 0.326 e. The van der Waals surface area contributed by atoms with Crippen LogP contribution in [0, 0.1) is 17.8 Å². The molecule has 0 aliphatic heterocycles. The maximum absolute atomic E-state index is 12.2. The monoisotopic (exact) mass is 309 g/mol. The van der Waals surface area contributed by atoms with E-state index < -0.39 is 12.0 Å². The third-order valence-electron chi connectivity index (χ3n) is 4.56. The molecular weight excluding hydrogens is 282 g/mol. The van der Waals surface area contributed by atoms with E-state index in [0.29, 0.717) is 19.3 Å². The molecule has 0 aromatic heterocycles. The molecule has 0 aromatic carbocycles. The van der Waals surface area contributed by atoms with E-state index in [-0.39, 0.29) is 35.9 Å². The quantitative estimate of drug-likeness (QED) is 0.675. The summed E-state index contributed by atoms with van der Waals surface area (Å²) in [7, 11) is 0. The molecule has 1 aliphatic carbocycles. The van der Waals surface area contributed by atoms with Crippen molar-refractivity contribution in [3.8, 4) is 0 Å². The zero-order valence-electron chi connectivity index (χ0n) is 13.7. The van der Waals surface area contributed by atoms with Crippen LogP contribution in [-0.4, -0.2) is 28.8 Å². The molecule has 2 N–H and O–H groups in total. The molecule has 0 heterocycles. The molecule has 1 amide bonds. The first-order valence-corrected chi connectivity index (χ1v) is 8.04. The van der Waals surface area contributed by atoms with Gasteiger partial charge in [0, 0.05) is 19.3 Å². The maximum atomic E-state index is 12.2. The van der Waals surface area contributed by atoms with Gasteiger partial charge in [-0.3, -0.25) is 9.59 Å². The first-order valence-electron chi connectivity index (χ1n) is 8.04. The number of hydrogen-bond donors (Lipinski definition) is 2. The lowest BCUT2D eigenvalue weighted by Gasteiger charge is -2.22. The van der Waals surface area contributed by atoms with Gasteiger partial charge in [0.2, 0.25) is 5.91 Å². The number of aliphatic carboxylic acids is 1. The molecule has 0 saturated heterocycles. The van der Waals surface area contributed by atoms with Crippen molar-refractivity contribution >= 4 is 17.7 Å². The van der Waals surface area contributed by atoms with Crippen molar-refractivity contribution in [3.05, 3.63) is 12.2 Å². The molecule has 0 bridgehead atoms. The average Bonchev–Trinajstić information content (AvgIpc) is 2.81. The van der Waals surface area contributed by atoms with Gasteiger partial charge in [-0.2, -0.15) is 0 Å². The van der Waals surface area contributed by atoms with Crippen LogP contribution in [0.3, 0.4) is 0 Å². The number of allylic oxidation sites excluding steroid dienone is 2. The highest BCUT2D eigenvalue weighted by Crippen LogP contribution is 2.34. The SMILES string of the molecule is CC=CCC1CC(=O)CC1CC(=O)N[C@H](C(=O)O)[C@H](C)CC. The van der Waals surface area contributed by atoms with Crippen LogP contribution >= 0.6 is 0 Å². The number of nitrogens with one attached hydrogen (secondary N) is 1. The Bertz CT molecular complexity index is 444. The molecule has 0 spiro atoms. The molecule has 1 saturated carbocycles. The molecule has 2 unspecified atom stereocenters.